The van der Waals surface area contributed by atoms with Gasteiger partial charge in [-0.1, -0.05) is 77.5 Å². The number of aromatic amines is 1. The van der Waals surface area contributed by atoms with Crippen molar-refractivity contribution in [1.82, 2.24) is 24.9 Å². The van der Waals surface area contributed by atoms with E-state index in [9.17, 15) is 28.6 Å². The Morgan fingerprint density at radius 3 is 2.16 bits per heavy atom. The molecule has 0 radical (unpaired) electrons. The van der Waals surface area contributed by atoms with Gasteiger partial charge in [0.2, 0.25) is 5.91 Å². The van der Waals surface area contributed by atoms with Crippen LogP contribution in [0.15, 0.2) is 84.9 Å². The first-order valence-corrected chi connectivity index (χ1v) is 15.6. The second-order valence-corrected chi connectivity index (χ2v) is 13.4. The summed E-state index contributed by atoms with van der Waals surface area (Å²) in [6.07, 6.45) is 0.424. The molecule has 1 aliphatic heterocycles. The number of rotatable bonds is 9. The molecule has 3 aromatic carbocycles. The minimum Gasteiger partial charge on any atom is -0.465 e. The molecule has 6 N–H and O–H groups in total. The predicted molar refractivity (Wildman–Crippen MR) is 170 cm³/mol. The number of amides is 3. The topological polar surface area (TPSA) is 168 Å². The highest BCUT2D eigenvalue weighted by Gasteiger charge is 2.38. The lowest BCUT2D eigenvalue weighted by molar-refractivity contribution is -0.128. The van der Waals surface area contributed by atoms with E-state index in [1.54, 1.807) is 45.0 Å². The molecule has 1 aromatic heterocycles. The Balaban J connectivity index is 1.48. The van der Waals surface area contributed by atoms with Crippen molar-refractivity contribution in [3.63, 3.8) is 0 Å². The maximum atomic E-state index is 14.1. The lowest BCUT2D eigenvalue weighted by atomic mass is 9.97. The maximum absolute atomic E-state index is 14.1. The third-order valence-corrected chi connectivity index (χ3v) is 8.81. The van der Waals surface area contributed by atoms with E-state index in [1.807, 2.05) is 54.6 Å². The number of benzene rings is 3. The summed E-state index contributed by atoms with van der Waals surface area (Å²) in [5.74, 6) is -0.544. The molecule has 4 aromatic rings. The fourth-order valence-electron chi connectivity index (χ4n) is 5.36. The van der Waals surface area contributed by atoms with Gasteiger partial charge in [0.15, 0.2) is 0 Å². The number of carbonyl (C=O) groups is 3. The van der Waals surface area contributed by atoms with Crippen molar-refractivity contribution in [3.8, 4) is 0 Å². The lowest BCUT2D eigenvalue weighted by Gasteiger charge is -2.39. The van der Waals surface area contributed by atoms with Gasteiger partial charge in [-0.2, -0.15) is 0 Å². The standard InChI is InChI=1S/C32H35N5O6S/c1-32(2,3)37(31(40)41)26(18-20-9-5-4-6-10-20)30(39)35-25(29-33-23-11-7-8-12-24(23)34-29)17-21-13-15-22(16-14-21)27-19-28(38)36-44(27,42)43/h4-16,19,25-26,42-43H,17-18H2,1-3H3,(H,33,34)(H,35,39)(H,36,38)(H,40,41)/t25?,26-/m0/s1. The molecule has 2 atom stereocenters. The fourth-order valence-corrected chi connectivity index (χ4v) is 6.55. The Bertz CT molecular complexity index is 1680. The highest BCUT2D eigenvalue weighted by atomic mass is 32.3. The Morgan fingerprint density at radius 2 is 1.57 bits per heavy atom. The van der Waals surface area contributed by atoms with Gasteiger partial charge in [0.25, 0.3) is 5.91 Å². The van der Waals surface area contributed by atoms with E-state index >= 15 is 0 Å². The van der Waals surface area contributed by atoms with Gasteiger partial charge in [-0.15, -0.1) is 0 Å². The van der Waals surface area contributed by atoms with Gasteiger partial charge in [-0.25, -0.2) is 14.5 Å². The molecular weight excluding hydrogens is 582 g/mol. The quantitative estimate of drug-likeness (QED) is 0.144. The van der Waals surface area contributed by atoms with Crippen LogP contribution in [0.4, 0.5) is 4.79 Å². The molecule has 0 spiro atoms. The lowest BCUT2D eigenvalue weighted by Crippen LogP contribution is -2.58. The van der Waals surface area contributed by atoms with E-state index in [2.05, 4.69) is 15.0 Å². The van der Waals surface area contributed by atoms with E-state index in [0.717, 1.165) is 28.2 Å². The molecule has 1 unspecified atom stereocenters. The van der Waals surface area contributed by atoms with Crippen LogP contribution in [-0.2, 0) is 22.4 Å². The summed E-state index contributed by atoms with van der Waals surface area (Å²) in [6, 6.07) is 22.0. The van der Waals surface area contributed by atoms with Gasteiger partial charge in [0, 0.05) is 18.0 Å². The summed E-state index contributed by atoms with van der Waals surface area (Å²) in [7, 11) is -3.42. The molecule has 5 rings (SSSR count). The van der Waals surface area contributed by atoms with Crippen molar-refractivity contribution >= 4 is 44.6 Å². The number of imidazole rings is 1. The number of nitrogens with one attached hydrogen (secondary N) is 3. The summed E-state index contributed by atoms with van der Waals surface area (Å²) in [5.41, 5.74) is 2.72. The van der Waals surface area contributed by atoms with Crippen molar-refractivity contribution in [3.05, 3.63) is 107 Å². The molecule has 11 nitrogen and oxygen atoms in total. The average Bonchev–Trinajstić information content (AvgIpc) is 3.51. The molecule has 0 saturated heterocycles. The SMILES string of the molecule is CC(C)(C)N(C(=O)O)[C@@H](Cc1ccccc1)C(=O)NC(Cc1ccc(C2=CC(=O)NS2(O)O)cc1)c1nc2ccccc2[nH]1. The summed E-state index contributed by atoms with van der Waals surface area (Å²) in [6.45, 7) is 5.26. The van der Waals surface area contributed by atoms with Crippen molar-refractivity contribution in [2.24, 2.45) is 0 Å². The zero-order chi connectivity index (χ0) is 31.6. The molecule has 2 heterocycles. The minimum absolute atomic E-state index is 0.107. The van der Waals surface area contributed by atoms with Gasteiger partial charge in [0.1, 0.15) is 11.9 Å². The Morgan fingerprint density at radius 1 is 0.932 bits per heavy atom. The molecule has 3 amide bonds. The minimum atomic E-state index is -3.42. The Hall–Kier alpha value is -4.65. The third-order valence-electron chi connectivity index (χ3n) is 7.36. The molecule has 0 saturated carbocycles. The van der Waals surface area contributed by atoms with Crippen LogP contribution >= 0.6 is 10.8 Å². The fraction of sp³-hybridized carbons (Fsp3) is 0.250. The zero-order valence-electron chi connectivity index (χ0n) is 24.5. The van der Waals surface area contributed by atoms with E-state index in [1.165, 1.54) is 4.90 Å². The molecule has 12 heteroatoms. The number of hydrogen-bond donors (Lipinski definition) is 6. The van der Waals surface area contributed by atoms with Gasteiger partial charge in [-0.3, -0.25) is 23.6 Å². The van der Waals surface area contributed by atoms with Gasteiger partial charge >= 0.3 is 6.09 Å². The van der Waals surface area contributed by atoms with E-state index in [0.29, 0.717) is 17.8 Å². The Kier molecular flexibility index (Phi) is 8.51. The number of fused-ring (bicyclic) bond motifs is 1. The molecule has 44 heavy (non-hydrogen) atoms. The first-order valence-electron chi connectivity index (χ1n) is 14.0. The number of H-pyrrole nitrogens is 1. The van der Waals surface area contributed by atoms with Crippen molar-refractivity contribution in [1.29, 1.82) is 0 Å². The predicted octanol–water partition coefficient (Wildman–Crippen LogP) is 5.49. The van der Waals surface area contributed by atoms with Crippen LogP contribution in [0.25, 0.3) is 15.9 Å². The number of para-hydroxylation sites is 2. The van der Waals surface area contributed by atoms with E-state index in [-0.39, 0.29) is 11.3 Å². The summed E-state index contributed by atoms with van der Waals surface area (Å²) < 4.78 is 22.6. The molecular formula is C32H35N5O6S. The van der Waals surface area contributed by atoms with Crippen molar-refractivity contribution < 1.29 is 28.6 Å². The van der Waals surface area contributed by atoms with Crippen LogP contribution in [0.1, 0.15) is 49.3 Å². The molecule has 230 valence electrons. The number of aromatic nitrogens is 2. The smallest absolute Gasteiger partial charge is 0.408 e. The maximum Gasteiger partial charge on any atom is 0.408 e. The zero-order valence-corrected chi connectivity index (χ0v) is 25.3. The van der Waals surface area contributed by atoms with Crippen LogP contribution in [0, 0.1) is 0 Å². The first-order chi connectivity index (χ1) is 20.8. The molecule has 0 bridgehead atoms. The van der Waals surface area contributed by atoms with Gasteiger partial charge < -0.3 is 15.4 Å². The highest BCUT2D eigenvalue weighted by molar-refractivity contribution is 8.31. The summed E-state index contributed by atoms with van der Waals surface area (Å²) in [5, 5.41) is 13.3. The van der Waals surface area contributed by atoms with Crippen LogP contribution in [0.2, 0.25) is 0 Å². The highest BCUT2D eigenvalue weighted by Crippen LogP contribution is 2.52. The van der Waals surface area contributed by atoms with Crippen LogP contribution < -0.4 is 10.0 Å². The number of carbonyl (C=O) groups excluding carboxylic acids is 2. The van der Waals surface area contributed by atoms with Gasteiger partial charge in [0.05, 0.1) is 22.0 Å². The first kappa shape index (κ1) is 30.8. The second kappa shape index (κ2) is 12.2. The number of carboxylic acid groups (broad SMARTS) is 1. The summed E-state index contributed by atoms with van der Waals surface area (Å²) in [4.78, 5) is 47.7. The van der Waals surface area contributed by atoms with Crippen LogP contribution in [0.5, 0.6) is 0 Å². The Labute approximate surface area is 256 Å². The van der Waals surface area contributed by atoms with Crippen LogP contribution in [0.3, 0.4) is 0 Å². The number of hydrogen-bond acceptors (Lipinski definition) is 6. The van der Waals surface area contributed by atoms with Gasteiger partial charge in [-0.05, 0) is 56.0 Å². The van der Waals surface area contributed by atoms with Crippen LogP contribution in [-0.4, -0.2) is 58.6 Å². The normalized spacial score (nSPS) is 16.5. The molecule has 0 fully saturated rings. The van der Waals surface area contributed by atoms with E-state index < -0.39 is 46.3 Å². The average molecular weight is 618 g/mol. The third kappa shape index (κ3) is 6.77. The monoisotopic (exact) mass is 617 g/mol. The number of nitrogens with zero attached hydrogens (tertiary/aromatic N) is 2. The summed E-state index contributed by atoms with van der Waals surface area (Å²) >= 11 is 0. The largest absolute Gasteiger partial charge is 0.465 e. The molecule has 0 aliphatic carbocycles. The second-order valence-electron chi connectivity index (χ2n) is 11.7. The van der Waals surface area contributed by atoms with Crippen molar-refractivity contribution in [2.45, 2.75) is 51.2 Å². The molecule has 1 aliphatic rings. The van der Waals surface area contributed by atoms with E-state index in [4.69, 9.17) is 4.98 Å². The van der Waals surface area contributed by atoms with Crippen molar-refractivity contribution in [2.75, 3.05) is 0 Å².